The van der Waals surface area contributed by atoms with E-state index in [9.17, 15) is 8.42 Å². The van der Waals surface area contributed by atoms with Crippen LogP contribution in [0.25, 0.3) is 0 Å². The first-order chi connectivity index (χ1) is 9.42. The van der Waals surface area contributed by atoms with Gasteiger partial charge in [0.25, 0.3) is 10.0 Å². The average molecular weight is 299 g/mol. The van der Waals surface area contributed by atoms with Crippen molar-refractivity contribution < 1.29 is 8.42 Å². The first-order valence-electron chi connectivity index (χ1n) is 7.53. The second-order valence-electron chi connectivity index (χ2n) is 5.70. The second-order valence-corrected chi connectivity index (χ2v) is 7.38. The maximum absolute atomic E-state index is 12.3. The lowest BCUT2D eigenvalue weighted by atomic mass is 10.00. The fourth-order valence-corrected chi connectivity index (χ4v) is 4.24. The van der Waals surface area contributed by atoms with Crippen LogP contribution in [0.15, 0.2) is 5.03 Å². The Morgan fingerprint density at radius 1 is 1.40 bits per heavy atom. The number of nitrogens with one attached hydrogen (secondary N) is 1. The summed E-state index contributed by atoms with van der Waals surface area (Å²) in [5.41, 5.74) is 0.896. The van der Waals surface area contributed by atoms with Crippen molar-refractivity contribution >= 4 is 10.0 Å². The summed E-state index contributed by atoms with van der Waals surface area (Å²) in [4.78, 5) is 4.49. The lowest BCUT2D eigenvalue weighted by Crippen LogP contribution is -2.26. The lowest BCUT2D eigenvalue weighted by molar-refractivity contribution is 0.373. The van der Waals surface area contributed by atoms with Crippen molar-refractivity contribution in [1.29, 1.82) is 0 Å². The van der Waals surface area contributed by atoms with Crippen LogP contribution in [0.3, 0.4) is 0 Å². The minimum Gasteiger partial charge on any atom is -0.327 e. The van der Waals surface area contributed by atoms with Crippen LogP contribution in [0.4, 0.5) is 0 Å². The van der Waals surface area contributed by atoms with E-state index in [4.69, 9.17) is 0 Å². The number of hydrogen-bond acceptors (Lipinski definition) is 3. The van der Waals surface area contributed by atoms with Gasteiger partial charge in [0, 0.05) is 18.5 Å². The molecule has 2 heterocycles. The van der Waals surface area contributed by atoms with Gasteiger partial charge in [-0.1, -0.05) is 27.7 Å². The van der Waals surface area contributed by atoms with E-state index < -0.39 is 10.0 Å². The van der Waals surface area contributed by atoms with E-state index in [2.05, 4.69) is 35.0 Å². The SMILES string of the molecule is CCNS(=O)(=O)c1nc(C(C)C)n2c1CCCC2CC. The maximum Gasteiger partial charge on any atom is 0.259 e. The van der Waals surface area contributed by atoms with E-state index in [1.165, 1.54) is 0 Å². The molecule has 20 heavy (non-hydrogen) atoms. The average Bonchev–Trinajstić information content (AvgIpc) is 2.78. The molecule has 0 spiro atoms. The number of aromatic nitrogens is 2. The molecule has 1 aliphatic rings. The van der Waals surface area contributed by atoms with Gasteiger partial charge in [-0.25, -0.2) is 18.1 Å². The Hall–Kier alpha value is -0.880. The number of rotatable bonds is 5. The van der Waals surface area contributed by atoms with Crippen molar-refractivity contribution in [1.82, 2.24) is 14.3 Å². The highest BCUT2D eigenvalue weighted by Gasteiger charge is 2.32. The monoisotopic (exact) mass is 299 g/mol. The Labute approximate surface area is 121 Å². The summed E-state index contributed by atoms with van der Waals surface area (Å²) in [5, 5.41) is 0.251. The molecule has 0 bridgehead atoms. The Kier molecular flexibility index (Phi) is 4.54. The van der Waals surface area contributed by atoms with Crippen LogP contribution in [-0.4, -0.2) is 24.5 Å². The van der Waals surface area contributed by atoms with Crippen LogP contribution < -0.4 is 4.72 Å². The zero-order valence-corrected chi connectivity index (χ0v) is 13.6. The zero-order chi connectivity index (χ0) is 14.9. The Morgan fingerprint density at radius 2 is 2.10 bits per heavy atom. The van der Waals surface area contributed by atoms with Crippen LogP contribution in [0.1, 0.15) is 70.4 Å². The van der Waals surface area contributed by atoms with Crippen molar-refractivity contribution in [3.05, 3.63) is 11.5 Å². The van der Waals surface area contributed by atoms with Crippen molar-refractivity contribution in [2.24, 2.45) is 0 Å². The minimum absolute atomic E-state index is 0.228. The molecule has 2 rings (SSSR count). The quantitative estimate of drug-likeness (QED) is 0.909. The first kappa shape index (κ1) is 15.5. The third kappa shape index (κ3) is 2.63. The highest BCUT2D eigenvalue weighted by atomic mass is 32.2. The standard InChI is InChI=1S/C14H25N3O2S/c1-5-11-8-7-9-12-14(20(18,19)15-6-2)16-13(10(3)4)17(11)12/h10-11,15H,5-9H2,1-4H3. The second kappa shape index (κ2) is 5.85. The molecule has 0 amide bonds. The molecule has 0 saturated carbocycles. The van der Waals surface area contributed by atoms with E-state index in [0.717, 1.165) is 37.2 Å². The summed E-state index contributed by atoms with van der Waals surface area (Å²) in [6, 6.07) is 0.384. The summed E-state index contributed by atoms with van der Waals surface area (Å²) < 4.78 is 29.5. The molecule has 1 aromatic rings. The van der Waals surface area contributed by atoms with Crippen molar-refractivity contribution in [3.8, 4) is 0 Å². The highest BCUT2D eigenvalue weighted by Crippen LogP contribution is 2.34. The molecule has 5 nitrogen and oxygen atoms in total. The van der Waals surface area contributed by atoms with Gasteiger partial charge in [0.2, 0.25) is 0 Å². The van der Waals surface area contributed by atoms with E-state index in [-0.39, 0.29) is 10.9 Å². The summed E-state index contributed by atoms with van der Waals surface area (Å²) >= 11 is 0. The molecule has 1 aliphatic heterocycles. The molecule has 0 radical (unpaired) electrons. The smallest absolute Gasteiger partial charge is 0.259 e. The Balaban J connectivity index is 2.61. The van der Waals surface area contributed by atoms with Gasteiger partial charge in [0.15, 0.2) is 5.03 Å². The summed E-state index contributed by atoms with van der Waals surface area (Å²) in [7, 11) is -3.48. The zero-order valence-electron chi connectivity index (χ0n) is 12.8. The van der Waals surface area contributed by atoms with Crippen LogP contribution in [0.2, 0.25) is 0 Å². The molecule has 0 saturated heterocycles. The van der Waals surface area contributed by atoms with Gasteiger partial charge < -0.3 is 4.57 Å². The molecule has 114 valence electrons. The fourth-order valence-electron chi connectivity index (χ4n) is 3.00. The maximum atomic E-state index is 12.3. The fraction of sp³-hybridized carbons (Fsp3) is 0.786. The summed E-state index contributed by atoms with van der Waals surface area (Å²) in [6.07, 6.45) is 3.97. The summed E-state index contributed by atoms with van der Waals surface area (Å²) in [5.74, 6) is 1.13. The van der Waals surface area contributed by atoms with E-state index in [1.54, 1.807) is 6.92 Å². The third-order valence-corrected chi connectivity index (χ3v) is 5.40. The molecular weight excluding hydrogens is 274 g/mol. The van der Waals surface area contributed by atoms with Crippen LogP contribution in [-0.2, 0) is 16.4 Å². The van der Waals surface area contributed by atoms with Gasteiger partial charge >= 0.3 is 0 Å². The molecule has 1 N–H and O–H groups in total. The largest absolute Gasteiger partial charge is 0.327 e. The molecule has 0 aromatic carbocycles. The molecule has 1 unspecified atom stereocenters. The minimum atomic E-state index is -3.48. The number of sulfonamides is 1. The van der Waals surface area contributed by atoms with E-state index in [0.29, 0.717) is 12.6 Å². The predicted octanol–water partition coefficient (Wildman–Crippen LogP) is 2.59. The van der Waals surface area contributed by atoms with Crippen LogP contribution >= 0.6 is 0 Å². The number of nitrogens with zero attached hydrogens (tertiary/aromatic N) is 2. The van der Waals surface area contributed by atoms with Gasteiger partial charge in [-0.15, -0.1) is 0 Å². The van der Waals surface area contributed by atoms with E-state index in [1.807, 2.05) is 0 Å². The van der Waals surface area contributed by atoms with Crippen molar-refractivity contribution in [2.75, 3.05) is 6.54 Å². The third-order valence-electron chi connectivity index (χ3n) is 3.89. The van der Waals surface area contributed by atoms with Gasteiger partial charge in [-0.3, -0.25) is 0 Å². The normalized spacial score (nSPS) is 19.4. The van der Waals surface area contributed by atoms with Gasteiger partial charge in [0.1, 0.15) is 5.82 Å². The lowest BCUT2D eigenvalue weighted by Gasteiger charge is -2.27. The number of imidazole rings is 1. The first-order valence-corrected chi connectivity index (χ1v) is 9.01. The predicted molar refractivity (Wildman–Crippen MR) is 79.4 cm³/mol. The van der Waals surface area contributed by atoms with Crippen LogP contribution in [0, 0.1) is 0 Å². The molecule has 0 fully saturated rings. The van der Waals surface area contributed by atoms with E-state index >= 15 is 0 Å². The molecule has 1 aromatic heterocycles. The van der Waals surface area contributed by atoms with Gasteiger partial charge in [-0.05, 0) is 25.7 Å². The van der Waals surface area contributed by atoms with Crippen molar-refractivity contribution in [2.45, 2.75) is 70.4 Å². The van der Waals surface area contributed by atoms with Gasteiger partial charge in [-0.2, -0.15) is 0 Å². The molecular formula is C14H25N3O2S. The summed E-state index contributed by atoms with van der Waals surface area (Å²) in [6.45, 7) is 8.48. The topological polar surface area (TPSA) is 64.0 Å². The van der Waals surface area contributed by atoms with Gasteiger partial charge in [0.05, 0.1) is 5.69 Å². The Bertz CT molecular complexity index is 575. The highest BCUT2D eigenvalue weighted by molar-refractivity contribution is 7.89. The van der Waals surface area contributed by atoms with Crippen molar-refractivity contribution in [3.63, 3.8) is 0 Å². The molecule has 1 atom stereocenters. The number of fused-ring (bicyclic) bond motifs is 1. The molecule has 0 aliphatic carbocycles. The van der Waals surface area contributed by atoms with Crippen LogP contribution in [0.5, 0.6) is 0 Å². The Morgan fingerprint density at radius 3 is 2.65 bits per heavy atom. The number of hydrogen-bond donors (Lipinski definition) is 1. The molecule has 6 heteroatoms.